The quantitative estimate of drug-likeness (QED) is 0.879. The van der Waals surface area contributed by atoms with Gasteiger partial charge < -0.3 is 10.2 Å². The van der Waals surface area contributed by atoms with Gasteiger partial charge in [0.15, 0.2) is 0 Å². The molecule has 1 heterocycles. The summed E-state index contributed by atoms with van der Waals surface area (Å²) in [5.74, 6) is 0.125. The molecule has 0 spiro atoms. The Hall–Kier alpha value is -0.580. The highest BCUT2D eigenvalue weighted by molar-refractivity contribution is 7.10. The molecule has 0 radical (unpaired) electrons. The summed E-state index contributed by atoms with van der Waals surface area (Å²) in [5.41, 5.74) is 1.26. The molecular formula is C10H17ClN2OS. The number of amides is 1. The summed E-state index contributed by atoms with van der Waals surface area (Å²) < 4.78 is 0. The molecule has 0 aliphatic carbocycles. The lowest BCUT2D eigenvalue weighted by Crippen LogP contribution is -2.33. The maximum absolute atomic E-state index is 11.4. The van der Waals surface area contributed by atoms with Crippen LogP contribution in [0.2, 0.25) is 0 Å². The summed E-state index contributed by atoms with van der Waals surface area (Å²) in [6.07, 6.45) is 0. The fourth-order valence-corrected chi connectivity index (χ4v) is 2.11. The first-order valence-corrected chi connectivity index (χ1v) is 5.44. The number of hydrogen-bond acceptors (Lipinski definition) is 3. The van der Waals surface area contributed by atoms with Gasteiger partial charge in [0.05, 0.1) is 13.1 Å². The van der Waals surface area contributed by atoms with E-state index < -0.39 is 0 Å². The Balaban J connectivity index is 0.00000196. The molecule has 1 rings (SSSR count). The number of halogens is 1. The van der Waals surface area contributed by atoms with E-state index in [1.165, 1.54) is 10.4 Å². The van der Waals surface area contributed by atoms with E-state index in [9.17, 15) is 4.79 Å². The SMILES string of the molecule is CNCC(=O)N(C)Cc1sccc1C.Cl. The van der Waals surface area contributed by atoms with Crippen molar-refractivity contribution >= 4 is 29.7 Å². The Morgan fingerprint density at radius 1 is 1.60 bits per heavy atom. The standard InChI is InChI=1S/C10H16N2OS.ClH/c1-8-4-5-14-9(8)7-12(3)10(13)6-11-2;/h4-5,11H,6-7H2,1-3H3;1H. The van der Waals surface area contributed by atoms with E-state index in [1.54, 1.807) is 23.3 Å². The number of likely N-dealkylation sites (N-methyl/N-ethyl adjacent to an activating group) is 2. The van der Waals surface area contributed by atoms with Gasteiger partial charge in [0, 0.05) is 11.9 Å². The van der Waals surface area contributed by atoms with Gasteiger partial charge in [-0.2, -0.15) is 0 Å². The van der Waals surface area contributed by atoms with Crippen LogP contribution >= 0.6 is 23.7 Å². The Morgan fingerprint density at radius 3 is 2.73 bits per heavy atom. The molecule has 15 heavy (non-hydrogen) atoms. The van der Waals surface area contributed by atoms with Crippen LogP contribution in [0.3, 0.4) is 0 Å². The molecule has 1 aromatic rings. The third kappa shape index (κ3) is 4.20. The predicted octanol–water partition coefficient (Wildman–Crippen LogP) is 1.66. The highest BCUT2D eigenvalue weighted by Gasteiger charge is 2.09. The molecule has 0 bridgehead atoms. The minimum Gasteiger partial charge on any atom is -0.340 e. The van der Waals surface area contributed by atoms with Crippen LogP contribution < -0.4 is 5.32 Å². The van der Waals surface area contributed by atoms with Crippen LogP contribution in [0.5, 0.6) is 0 Å². The molecule has 0 aromatic carbocycles. The van der Waals surface area contributed by atoms with E-state index >= 15 is 0 Å². The Morgan fingerprint density at radius 2 is 2.27 bits per heavy atom. The van der Waals surface area contributed by atoms with E-state index in [4.69, 9.17) is 0 Å². The Bertz CT molecular complexity index is 314. The molecule has 0 fully saturated rings. The van der Waals surface area contributed by atoms with E-state index in [2.05, 4.69) is 23.7 Å². The summed E-state index contributed by atoms with van der Waals surface area (Å²) in [5, 5.41) is 4.91. The van der Waals surface area contributed by atoms with Gasteiger partial charge in [-0.1, -0.05) is 0 Å². The molecule has 86 valence electrons. The van der Waals surface area contributed by atoms with Crippen molar-refractivity contribution in [1.82, 2.24) is 10.2 Å². The topological polar surface area (TPSA) is 32.3 Å². The number of aryl methyl sites for hydroxylation is 1. The van der Waals surface area contributed by atoms with Crippen LogP contribution in [-0.2, 0) is 11.3 Å². The monoisotopic (exact) mass is 248 g/mol. The number of rotatable bonds is 4. The lowest BCUT2D eigenvalue weighted by molar-refractivity contribution is -0.129. The second kappa shape index (κ2) is 6.82. The summed E-state index contributed by atoms with van der Waals surface area (Å²) in [7, 11) is 3.61. The maximum Gasteiger partial charge on any atom is 0.236 e. The second-order valence-electron chi connectivity index (χ2n) is 3.31. The molecule has 0 aliphatic rings. The van der Waals surface area contributed by atoms with Crippen LogP contribution in [-0.4, -0.2) is 31.4 Å². The van der Waals surface area contributed by atoms with Crippen molar-refractivity contribution in [3.05, 3.63) is 21.9 Å². The third-order valence-corrected chi connectivity index (χ3v) is 3.11. The number of nitrogens with zero attached hydrogens (tertiary/aromatic N) is 1. The van der Waals surface area contributed by atoms with Gasteiger partial charge >= 0.3 is 0 Å². The number of hydrogen-bond donors (Lipinski definition) is 1. The maximum atomic E-state index is 11.4. The van der Waals surface area contributed by atoms with Crippen molar-refractivity contribution in [3.63, 3.8) is 0 Å². The number of thiophene rings is 1. The molecule has 1 amide bonds. The average molecular weight is 249 g/mol. The first-order valence-electron chi connectivity index (χ1n) is 4.56. The molecule has 3 nitrogen and oxygen atoms in total. The lowest BCUT2D eigenvalue weighted by atomic mass is 10.3. The molecular weight excluding hydrogens is 232 g/mol. The van der Waals surface area contributed by atoms with Crippen LogP contribution in [0.25, 0.3) is 0 Å². The highest BCUT2D eigenvalue weighted by Crippen LogP contribution is 2.16. The summed E-state index contributed by atoms with van der Waals surface area (Å²) in [6, 6.07) is 2.08. The fraction of sp³-hybridized carbons (Fsp3) is 0.500. The van der Waals surface area contributed by atoms with Crippen LogP contribution in [0.1, 0.15) is 10.4 Å². The predicted molar refractivity (Wildman–Crippen MR) is 66.7 cm³/mol. The molecule has 1 N–H and O–H groups in total. The molecule has 5 heteroatoms. The molecule has 0 unspecified atom stereocenters. The van der Waals surface area contributed by atoms with Gasteiger partial charge in [-0.3, -0.25) is 4.79 Å². The number of carbonyl (C=O) groups excluding carboxylic acids is 1. The van der Waals surface area contributed by atoms with E-state index in [-0.39, 0.29) is 18.3 Å². The van der Waals surface area contributed by atoms with Crippen molar-refractivity contribution in [2.45, 2.75) is 13.5 Å². The van der Waals surface area contributed by atoms with Gasteiger partial charge in [0.25, 0.3) is 0 Å². The molecule has 1 aromatic heterocycles. The molecule has 0 saturated heterocycles. The van der Waals surface area contributed by atoms with Gasteiger partial charge in [-0.15, -0.1) is 23.7 Å². The summed E-state index contributed by atoms with van der Waals surface area (Å²) >= 11 is 1.70. The van der Waals surface area contributed by atoms with Gasteiger partial charge in [0.1, 0.15) is 0 Å². The molecule has 0 aliphatic heterocycles. The van der Waals surface area contributed by atoms with Gasteiger partial charge in [-0.25, -0.2) is 0 Å². The zero-order valence-electron chi connectivity index (χ0n) is 9.24. The minimum atomic E-state index is 0. The summed E-state index contributed by atoms with van der Waals surface area (Å²) in [6.45, 7) is 3.19. The Labute approximate surface area is 101 Å². The zero-order valence-corrected chi connectivity index (χ0v) is 10.9. The van der Waals surface area contributed by atoms with E-state index in [0.29, 0.717) is 13.1 Å². The second-order valence-corrected chi connectivity index (χ2v) is 4.31. The van der Waals surface area contributed by atoms with Crippen molar-refractivity contribution in [3.8, 4) is 0 Å². The minimum absolute atomic E-state index is 0. The number of carbonyl (C=O) groups is 1. The van der Waals surface area contributed by atoms with Crippen LogP contribution in [0, 0.1) is 6.92 Å². The van der Waals surface area contributed by atoms with E-state index in [1.807, 2.05) is 7.05 Å². The summed E-state index contributed by atoms with van der Waals surface area (Å²) in [4.78, 5) is 14.5. The van der Waals surface area contributed by atoms with Crippen LogP contribution in [0.15, 0.2) is 11.4 Å². The first kappa shape index (κ1) is 14.4. The van der Waals surface area contributed by atoms with Crippen molar-refractivity contribution < 1.29 is 4.79 Å². The Kier molecular flexibility index (Phi) is 6.56. The number of nitrogens with one attached hydrogen (secondary N) is 1. The van der Waals surface area contributed by atoms with Crippen LogP contribution in [0.4, 0.5) is 0 Å². The first-order chi connectivity index (χ1) is 6.65. The largest absolute Gasteiger partial charge is 0.340 e. The smallest absolute Gasteiger partial charge is 0.236 e. The highest BCUT2D eigenvalue weighted by atomic mass is 35.5. The average Bonchev–Trinajstić information content (AvgIpc) is 2.52. The normalized spacial score (nSPS) is 9.53. The van der Waals surface area contributed by atoms with Crippen molar-refractivity contribution in [2.75, 3.05) is 20.6 Å². The van der Waals surface area contributed by atoms with Gasteiger partial charge in [-0.05, 0) is 31.0 Å². The molecule has 0 atom stereocenters. The van der Waals surface area contributed by atoms with Gasteiger partial charge in [0.2, 0.25) is 5.91 Å². The zero-order chi connectivity index (χ0) is 10.6. The lowest BCUT2D eigenvalue weighted by Gasteiger charge is -2.16. The fourth-order valence-electron chi connectivity index (χ4n) is 1.16. The molecule has 0 saturated carbocycles. The third-order valence-electron chi connectivity index (χ3n) is 2.10. The van der Waals surface area contributed by atoms with E-state index in [0.717, 1.165) is 0 Å². The van der Waals surface area contributed by atoms with Crippen molar-refractivity contribution in [2.24, 2.45) is 0 Å². The van der Waals surface area contributed by atoms with Crippen molar-refractivity contribution in [1.29, 1.82) is 0 Å².